The van der Waals surface area contributed by atoms with Crippen LogP contribution in [0.15, 0.2) is 60.8 Å². The van der Waals surface area contributed by atoms with Crippen LogP contribution in [0.1, 0.15) is 168 Å². The van der Waals surface area contributed by atoms with Gasteiger partial charge in [-0.1, -0.05) is 177 Å². The summed E-state index contributed by atoms with van der Waals surface area (Å²) in [6, 6.07) is 0. The number of ether oxygens (including phenoxy) is 2. The summed E-state index contributed by atoms with van der Waals surface area (Å²) in [5.74, 6) is -1.15. The molecule has 0 aliphatic carbocycles. The van der Waals surface area contributed by atoms with Gasteiger partial charge in [-0.25, -0.2) is 4.57 Å². The SMILES string of the molecule is CC/C=C\C/C=C\C/C=C\C/C=C\C/C=C\CC(=O)OC(CO)COP(=O)(O)OCC(CO)OC(=O)CCCCCCCCCCCCCCCCCCC. The van der Waals surface area contributed by atoms with E-state index >= 15 is 0 Å². The summed E-state index contributed by atoms with van der Waals surface area (Å²) in [4.78, 5) is 34.4. The molecule has 0 rings (SSSR count). The Labute approximate surface area is 334 Å². The number of hydrogen-bond acceptors (Lipinski definition) is 9. The molecule has 0 fully saturated rings. The first-order valence-corrected chi connectivity index (χ1v) is 22.7. The largest absolute Gasteiger partial charge is 0.472 e. The molecule has 0 aromatic heterocycles. The van der Waals surface area contributed by atoms with Crippen molar-refractivity contribution in [3.63, 3.8) is 0 Å². The third kappa shape index (κ3) is 38.3. The molecule has 0 aliphatic rings. The number of phosphoric ester groups is 1. The number of esters is 2. The number of carbonyl (C=O) groups is 2. The van der Waals surface area contributed by atoms with Crippen molar-refractivity contribution in [2.75, 3.05) is 26.4 Å². The lowest BCUT2D eigenvalue weighted by Crippen LogP contribution is -2.28. The Hall–Kier alpha value is -2.33. The molecule has 55 heavy (non-hydrogen) atoms. The predicted molar refractivity (Wildman–Crippen MR) is 224 cm³/mol. The van der Waals surface area contributed by atoms with Gasteiger partial charge in [0.2, 0.25) is 0 Å². The summed E-state index contributed by atoms with van der Waals surface area (Å²) in [5, 5.41) is 19.1. The van der Waals surface area contributed by atoms with Crippen LogP contribution in [0.25, 0.3) is 0 Å². The van der Waals surface area contributed by atoms with Gasteiger partial charge in [0.05, 0.1) is 32.8 Å². The van der Waals surface area contributed by atoms with Crippen molar-refractivity contribution in [1.29, 1.82) is 0 Å². The molecule has 3 atom stereocenters. The summed E-state index contributed by atoms with van der Waals surface area (Å²) in [6.07, 6.45) is 43.7. The Bertz CT molecular complexity index is 1100. The minimum absolute atomic E-state index is 0.0413. The van der Waals surface area contributed by atoms with Gasteiger partial charge in [0.15, 0.2) is 0 Å². The van der Waals surface area contributed by atoms with Crippen LogP contribution in [-0.2, 0) is 32.7 Å². The zero-order valence-electron chi connectivity index (χ0n) is 34.4. The fourth-order valence-corrected chi connectivity index (χ4v) is 6.33. The van der Waals surface area contributed by atoms with Crippen LogP contribution in [0, 0.1) is 0 Å². The van der Waals surface area contributed by atoms with Crippen LogP contribution in [0.4, 0.5) is 0 Å². The van der Waals surface area contributed by atoms with Gasteiger partial charge in [0.1, 0.15) is 12.2 Å². The van der Waals surface area contributed by atoms with Crippen molar-refractivity contribution in [1.82, 2.24) is 0 Å². The maximum absolute atomic E-state index is 12.3. The Balaban J connectivity index is 4.02. The molecule has 3 unspecified atom stereocenters. The van der Waals surface area contributed by atoms with Gasteiger partial charge in [0, 0.05) is 6.42 Å². The molecule has 0 aromatic rings. The summed E-state index contributed by atoms with van der Waals surface area (Å²) < 4.78 is 32.4. The molecule has 10 nitrogen and oxygen atoms in total. The number of allylic oxidation sites excluding steroid dienone is 9. The summed E-state index contributed by atoms with van der Waals surface area (Å²) in [5.41, 5.74) is 0. The van der Waals surface area contributed by atoms with E-state index in [1.54, 1.807) is 6.08 Å². The molecule has 0 aliphatic heterocycles. The lowest BCUT2D eigenvalue weighted by molar-refractivity contribution is -0.153. The molecule has 11 heteroatoms. The first-order valence-electron chi connectivity index (χ1n) is 21.2. The number of carbonyl (C=O) groups excluding carboxylic acids is 2. The van der Waals surface area contributed by atoms with E-state index in [0.717, 1.165) is 44.9 Å². The van der Waals surface area contributed by atoms with E-state index < -0.39 is 58.4 Å². The van der Waals surface area contributed by atoms with E-state index in [0.29, 0.717) is 12.8 Å². The van der Waals surface area contributed by atoms with E-state index in [9.17, 15) is 29.3 Å². The van der Waals surface area contributed by atoms with Crippen LogP contribution in [-0.4, -0.2) is 65.7 Å². The molecule has 0 bridgehead atoms. The number of hydrogen-bond donors (Lipinski definition) is 3. The molecule has 0 heterocycles. The molecule has 0 aromatic carbocycles. The highest BCUT2D eigenvalue weighted by Crippen LogP contribution is 2.43. The molecule has 0 amide bonds. The molecular formula is C44H77O10P. The minimum Gasteiger partial charge on any atom is -0.457 e. The van der Waals surface area contributed by atoms with E-state index in [1.165, 1.54) is 83.5 Å². The molecule has 3 N–H and O–H groups in total. The summed E-state index contributed by atoms with van der Waals surface area (Å²) >= 11 is 0. The van der Waals surface area contributed by atoms with Crippen LogP contribution in [0.5, 0.6) is 0 Å². The molecule has 0 spiro atoms. The van der Waals surface area contributed by atoms with E-state index in [-0.39, 0.29) is 12.8 Å². The maximum atomic E-state index is 12.3. The quantitative estimate of drug-likeness (QED) is 0.0237. The third-order valence-corrected chi connectivity index (χ3v) is 9.73. The number of rotatable bonds is 39. The number of phosphoric acid groups is 1. The van der Waals surface area contributed by atoms with Gasteiger partial charge >= 0.3 is 19.8 Å². The van der Waals surface area contributed by atoms with Gasteiger partial charge in [-0.05, 0) is 38.5 Å². The highest BCUT2D eigenvalue weighted by molar-refractivity contribution is 7.47. The van der Waals surface area contributed by atoms with Crippen LogP contribution < -0.4 is 0 Å². The topological polar surface area (TPSA) is 149 Å². The molecule has 0 radical (unpaired) electrons. The first kappa shape index (κ1) is 52.7. The molecular weight excluding hydrogens is 719 g/mol. The average molecular weight is 797 g/mol. The van der Waals surface area contributed by atoms with Gasteiger partial charge in [0.25, 0.3) is 0 Å². The van der Waals surface area contributed by atoms with Gasteiger partial charge in [-0.2, -0.15) is 0 Å². The summed E-state index contributed by atoms with van der Waals surface area (Å²) in [7, 11) is -4.66. The molecule has 318 valence electrons. The van der Waals surface area contributed by atoms with Crippen LogP contribution in [0.3, 0.4) is 0 Å². The summed E-state index contributed by atoms with van der Waals surface area (Å²) in [6.45, 7) is 1.98. The van der Waals surface area contributed by atoms with Gasteiger partial charge < -0.3 is 24.6 Å². The fraction of sp³-hybridized carbons (Fsp3) is 0.727. The highest BCUT2D eigenvalue weighted by Gasteiger charge is 2.27. The van der Waals surface area contributed by atoms with Crippen molar-refractivity contribution in [3.05, 3.63) is 60.8 Å². The predicted octanol–water partition coefficient (Wildman–Crippen LogP) is 11.1. The monoisotopic (exact) mass is 797 g/mol. The average Bonchev–Trinajstić information content (AvgIpc) is 3.17. The molecule has 0 saturated carbocycles. The smallest absolute Gasteiger partial charge is 0.457 e. The number of aliphatic hydroxyl groups is 2. The Morgan fingerprint density at radius 1 is 0.509 bits per heavy atom. The van der Waals surface area contributed by atoms with Crippen molar-refractivity contribution in [2.45, 2.75) is 180 Å². The minimum atomic E-state index is -4.66. The van der Waals surface area contributed by atoms with Crippen LogP contribution in [0.2, 0.25) is 0 Å². The zero-order chi connectivity index (χ0) is 40.5. The van der Waals surface area contributed by atoms with E-state index in [4.69, 9.17) is 18.5 Å². The Morgan fingerprint density at radius 3 is 1.24 bits per heavy atom. The van der Waals surface area contributed by atoms with Gasteiger partial charge in [-0.15, -0.1) is 0 Å². The number of aliphatic hydroxyl groups excluding tert-OH is 2. The second-order valence-electron chi connectivity index (χ2n) is 14.0. The van der Waals surface area contributed by atoms with Crippen molar-refractivity contribution < 1.29 is 47.8 Å². The first-order chi connectivity index (χ1) is 26.8. The fourth-order valence-electron chi connectivity index (χ4n) is 5.54. The molecule has 0 saturated heterocycles. The van der Waals surface area contributed by atoms with Crippen molar-refractivity contribution in [3.8, 4) is 0 Å². The van der Waals surface area contributed by atoms with Crippen LogP contribution >= 0.6 is 7.82 Å². The lowest BCUT2D eigenvalue weighted by atomic mass is 10.0. The normalized spacial score (nSPS) is 14.5. The third-order valence-electron chi connectivity index (χ3n) is 8.78. The second kappa shape index (κ2) is 39.9. The standard InChI is InChI=1S/C44H77O10P/c1-3-5-7-9-11-13-15-17-19-20-22-24-26-28-30-32-34-36-44(48)54-42(38-46)40-52-55(49,50)51-39-41(37-45)53-43(47)35-33-31-29-27-25-23-21-18-16-14-12-10-8-6-4-2/h6,8,12,14,18,21,25,27,31,33,41-42,45-46H,3-5,7,9-11,13,15-17,19-20,22-24,26,28-30,32,34-40H2,1-2H3,(H,49,50)/b8-6-,14-12-,21-18-,27-25-,33-31-. The highest BCUT2D eigenvalue weighted by atomic mass is 31.2. The van der Waals surface area contributed by atoms with Gasteiger partial charge in [-0.3, -0.25) is 18.6 Å². The van der Waals surface area contributed by atoms with Crippen molar-refractivity contribution in [2.24, 2.45) is 0 Å². The Kier molecular flexibility index (Phi) is 38.2. The number of unbranched alkanes of at least 4 members (excludes halogenated alkanes) is 16. The van der Waals surface area contributed by atoms with Crippen molar-refractivity contribution >= 4 is 19.8 Å². The van der Waals surface area contributed by atoms with E-state index in [1.807, 2.05) is 18.2 Å². The van der Waals surface area contributed by atoms with E-state index in [2.05, 4.69) is 50.3 Å². The lowest BCUT2D eigenvalue weighted by Gasteiger charge is -2.20. The zero-order valence-corrected chi connectivity index (χ0v) is 35.3. The Morgan fingerprint density at radius 2 is 0.855 bits per heavy atom. The second-order valence-corrected chi connectivity index (χ2v) is 15.4. The maximum Gasteiger partial charge on any atom is 0.472 e.